The monoisotopic (exact) mass is 275 g/mol. The number of likely N-dealkylation sites (tertiary alicyclic amines) is 1. The van der Waals surface area contributed by atoms with Gasteiger partial charge in [0.2, 0.25) is 5.91 Å². The molecule has 3 heteroatoms. The van der Waals surface area contributed by atoms with Crippen molar-refractivity contribution in [2.75, 3.05) is 13.1 Å². The molecule has 0 radical (unpaired) electrons. The van der Waals surface area contributed by atoms with Crippen LogP contribution >= 0.6 is 0 Å². The first-order valence-electron chi connectivity index (χ1n) is 7.35. The average molecular weight is 275 g/mol. The summed E-state index contributed by atoms with van der Waals surface area (Å²) in [6, 6.07) is 6.70. The van der Waals surface area contributed by atoms with Gasteiger partial charge in [-0.2, -0.15) is 0 Å². The molecule has 1 aliphatic heterocycles. The second kappa shape index (κ2) is 7.22. The maximum Gasteiger partial charge on any atom is 0.222 e. The third-order valence-corrected chi connectivity index (χ3v) is 3.93. The lowest BCUT2D eigenvalue weighted by molar-refractivity contribution is -0.131. The molecular formula is C17H22FNO. The van der Waals surface area contributed by atoms with E-state index in [9.17, 15) is 9.18 Å². The molecule has 2 nitrogen and oxygen atoms in total. The molecule has 1 heterocycles. The Kier molecular flexibility index (Phi) is 5.33. The summed E-state index contributed by atoms with van der Waals surface area (Å²) in [7, 11) is 0. The number of halogens is 1. The molecule has 0 spiro atoms. The summed E-state index contributed by atoms with van der Waals surface area (Å²) in [6.45, 7) is 5.25. The largest absolute Gasteiger partial charge is 0.342 e. The van der Waals surface area contributed by atoms with Crippen molar-refractivity contribution in [1.29, 1.82) is 0 Å². The van der Waals surface area contributed by atoms with Crippen molar-refractivity contribution in [3.05, 3.63) is 48.3 Å². The van der Waals surface area contributed by atoms with Crippen LogP contribution in [-0.4, -0.2) is 23.9 Å². The second-order valence-corrected chi connectivity index (χ2v) is 5.41. The van der Waals surface area contributed by atoms with Crippen LogP contribution < -0.4 is 0 Å². The van der Waals surface area contributed by atoms with Gasteiger partial charge in [-0.25, -0.2) is 4.39 Å². The van der Waals surface area contributed by atoms with Crippen molar-refractivity contribution >= 4 is 5.91 Å². The number of allylic oxidation sites excluding steroid dienone is 1. The summed E-state index contributed by atoms with van der Waals surface area (Å²) in [5.41, 5.74) is 1.13. The van der Waals surface area contributed by atoms with Gasteiger partial charge in [-0.3, -0.25) is 4.79 Å². The number of hydrogen-bond donors (Lipinski definition) is 0. The van der Waals surface area contributed by atoms with Crippen LogP contribution in [0.25, 0.3) is 0 Å². The van der Waals surface area contributed by atoms with Gasteiger partial charge in [0.1, 0.15) is 5.82 Å². The van der Waals surface area contributed by atoms with Gasteiger partial charge in [0, 0.05) is 25.4 Å². The molecule has 1 aliphatic rings. The number of rotatable bonds is 4. The number of nitrogens with zero attached hydrogens (tertiary/aromatic N) is 1. The van der Waals surface area contributed by atoms with Crippen LogP contribution in [-0.2, 0) is 4.79 Å². The van der Waals surface area contributed by atoms with Crippen molar-refractivity contribution in [2.24, 2.45) is 0 Å². The number of carbonyl (C=O) groups excluding carboxylic acids is 1. The predicted molar refractivity (Wildman–Crippen MR) is 79.0 cm³/mol. The Morgan fingerprint density at radius 1 is 1.35 bits per heavy atom. The smallest absolute Gasteiger partial charge is 0.222 e. The van der Waals surface area contributed by atoms with Crippen molar-refractivity contribution in [3.63, 3.8) is 0 Å². The molecule has 0 aliphatic carbocycles. The molecule has 1 aromatic carbocycles. The Bertz CT molecular complexity index is 455. The maximum absolute atomic E-state index is 13.0. The van der Waals surface area contributed by atoms with Gasteiger partial charge in [-0.1, -0.05) is 24.6 Å². The van der Waals surface area contributed by atoms with Crippen molar-refractivity contribution in [2.45, 2.75) is 38.0 Å². The van der Waals surface area contributed by atoms with Gasteiger partial charge in [-0.05, 0) is 37.0 Å². The molecule has 108 valence electrons. The molecule has 0 bridgehead atoms. The van der Waals surface area contributed by atoms with E-state index < -0.39 is 0 Å². The Morgan fingerprint density at radius 3 is 2.80 bits per heavy atom. The van der Waals surface area contributed by atoms with Gasteiger partial charge >= 0.3 is 0 Å². The van der Waals surface area contributed by atoms with Gasteiger partial charge in [-0.15, -0.1) is 6.58 Å². The lowest BCUT2D eigenvalue weighted by atomic mass is 9.94. The Morgan fingerprint density at radius 2 is 2.10 bits per heavy atom. The van der Waals surface area contributed by atoms with E-state index in [1.54, 1.807) is 6.08 Å². The Hall–Kier alpha value is -1.64. The van der Waals surface area contributed by atoms with Crippen LogP contribution in [0, 0.1) is 5.82 Å². The highest BCUT2D eigenvalue weighted by Gasteiger charge is 2.22. The van der Waals surface area contributed by atoms with Crippen molar-refractivity contribution < 1.29 is 9.18 Å². The Balaban J connectivity index is 2.04. The molecule has 1 aromatic rings. The zero-order valence-corrected chi connectivity index (χ0v) is 11.9. The van der Waals surface area contributed by atoms with Gasteiger partial charge in [0.15, 0.2) is 0 Å². The zero-order valence-electron chi connectivity index (χ0n) is 11.9. The molecule has 1 saturated heterocycles. The van der Waals surface area contributed by atoms with Crippen LogP contribution in [0.5, 0.6) is 0 Å². The average Bonchev–Trinajstić information content (AvgIpc) is 2.71. The Labute approximate surface area is 120 Å². The van der Waals surface area contributed by atoms with Gasteiger partial charge in [0.25, 0.3) is 0 Å². The van der Waals surface area contributed by atoms with Gasteiger partial charge < -0.3 is 4.90 Å². The summed E-state index contributed by atoms with van der Waals surface area (Å²) in [4.78, 5) is 14.1. The van der Waals surface area contributed by atoms with E-state index >= 15 is 0 Å². The molecule has 1 fully saturated rings. The quantitative estimate of drug-likeness (QED) is 0.763. The molecular weight excluding hydrogens is 253 g/mol. The van der Waals surface area contributed by atoms with E-state index in [2.05, 4.69) is 6.58 Å². The molecule has 0 N–H and O–H groups in total. The van der Waals surface area contributed by atoms with E-state index in [4.69, 9.17) is 0 Å². The van der Waals surface area contributed by atoms with E-state index in [0.29, 0.717) is 12.3 Å². The number of amides is 1. The van der Waals surface area contributed by atoms with E-state index in [0.717, 1.165) is 44.3 Å². The normalized spacial score (nSPS) is 19.4. The van der Waals surface area contributed by atoms with Crippen LogP contribution in [0.3, 0.4) is 0 Å². The molecule has 0 saturated carbocycles. The maximum atomic E-state index is 13.0. The number of hydrogen-bond acceptors (Lipinski definition) is 1. The third kappa shape index (κ3) is 3.92. The summed E-state index contributed by atoms with van der Waals surface area (Å²) in [5.74, 6) is 0.325. The van der Waals surface area contributed by atoms with Gasteiger partial charge in [0.05, 0.1) is 0 Å². The summed E-state index contributed by atoms with van der Waals surface area (Å²) in [6.07, 6.45) is 6.30. The first kappa shape index (κ1) is 14.8. The fourth-order valence-electron chi connectivity index (χ4n) is 2.76. The summed E-state index contributed by atoms with van der Waals surface area (Å²) < 4.78 is 13.0. The third-order valence-electron chi connectivity index (χ3n) is 3.93. The highest BCUT2D eigenvalue weighted by Crippen LogP contribution is 2.27. The van der Waals surface area contributed by atoms with Crippen LogP contribution in [0.15, 0.2) is 36.9 Å². The van der Waals surface area contributed by atoms with Crippen LogP contribution in [0.2, 0.25) is 0 Å². The number of carbonyl (C=O) groups is 1. The molecule has 0 aromatic heterocycles. The lowest BCUT2D eigenvalue weighted by Crippen LogP contribution is -2.33. The summed E-state index contributed by atoms with van der Waals surface area (Å²) >= 11 is 0. The highest BCUT2D eigenvalue weighted by atomic mass is 19.1. The summed E-state index contributed by atoms with van der Waals surface area (Å²) in [5, 5.41) is 0. The first-order valence-corrected chi connectivity index (χ1v) is 7.35. The van der Waals surface area contributed by atoms with E-state index in [-0.39, 0.29) is 11.7 Å². The predicted octanol–water partition coefficient (Wildman–Crippen LogP) is 3.89. The zero-order chi connectivity index (χ0) is 14.4. The highest BCUT2D eigenvalue weighted by molar-refractivity contribution is 5.76. The minimum absolute atomic E-state index is 0.207. The minimum Gasteiger partial charge on any atom is -0.342 e. The molecule has 20 heavy (non-hydrogen) atoms. The molecule has 0 unspecified atom stereocenters. The molecule has 2 rings (SSSR count). The molecule has 1 atom stereocenters. The second-order valence-electron chi connectivity index (χ2n) is 5.41. The van der Waals surface area contributed by atoms with Crippen LogP contribution in [0.1, 0.15) is 43.6 Å². The topological polar surface area (TPSA) is 20.3 Å². The van der Waals surface area contributed by atoms with Crippen molar-refractivity contribution in [3.8, 4) is 0 Å². The number of benzene rings is 1. The fraction of sp³-hybridized carbons (Fsp3) is 0.471. The van der Waals surface area contributed by atoms with Crippen molar-refractivity contribution in [1.82, 2.24) is 4.90 Å². The van der Waals surface area contributed by atoms with E-state index in [1.807, 2.05) is 17.0 Å². The molecule has 1 amide bonds. The standard InChI is InChI=1S/C17H22FNO/c1-2-3-7-17(20)19-12-5-4-6-15(13-19)14-8-10-16(18)11-9-14/h2,8-11,15H,1,3-7,12-13H2/t15-/m0/s1. The fourth-order valence-corrected chi connectivity index (χ4v) is 2.76. The first-order chi connectivity index (χ1) is 9.70. The van der Waals surface area contributed by atoms with E-state index in [1.165, 1.54) is 12.1 Å². The SMILES string of the molecule is C=CCCC(=O)N1CCCC[C@H](c2ccc(F)cc2)C1. The minimum atomic E-state index is -0.207. The lowest BCUT2D eigenvalue weighted by Gasteiger charge is -2.24. The van der Waals surface area contributed by atoms with Crippen LogP contribution in [0.4, 0.5) is 4.39 Å².